The minimum Gasteiger partial charge on any atom is -0.384 e. The predicted octanol–water partition coefficient (Wildman–Crippen LogP) is 4.67. The highest BCUT2D eigenvalue weighted by Gasteiger charge is 2.00. The summed E-state index contributed by atoms with van der Waals surface area (Å²) in [6.07, 6.45) is 5.40. The number of hydrogen-bond donors (Lipinski definition) is 1. The van der Waals surface area contributed by atoms with Gasteiger partial charge in [0.15, 0.2) is 0 Å². The number of nitrogens with zero attached hydrogens (tertiary/aromatic N) is 1. The Balaban J connectivity index is 1.51. The fraction of sp³-hybridized carbons (Fsp3) is 0.211. The molecule has 0 atom stereocenters. The maximum Gasteiger partial charge on any atom is 0.0722 e. The maximum absolute atomic E-state index is 4.39. The molecule has 0 spiro atoms. The number of fused-ring (bicyclic) bond motifs is 1. The summed E-state index contributed by atoms with van der Waals surface area (Å²) in [6.45, 7) is 1.00. The molecule has 0 radical (unpaired) electrons. The molecule has 2 aromatic carbocycles. The van der Waals surface area contributed by atoms with Gasteiger partial charge in [-0.3, -0.25) is 4.98 Å². The zero-order chi connectivity index (χ0) is 14.3. The largest absolute Gasteiger partial charge is 0.384 e. The molecule has 1 heterocycles. The molecule has 0 saturated carbocycles. The summed E-state index contributed by atoms with van der Waals surface area (Å²) >= 11 is 0. The van der Waals surface area contributed by atoms with Gasteiger partial charge in [0.25, 0.3) is 0 Å². The third-order valence-electron chi connectivity index (χ3n) is 3.70. The Labute approximate surface area is 125 Å². The summed E-state index contributed by atoms with van der Waals surface area (Å²) in [5.41, 5.74) is 3.65. The second kappa shape index (κ2) is 6.89. The molecule has 0 bridgehead atoms. The molecule has 0 unspecified atom stereocenters. The lowest BCUT2D eigenvalue weighted by atomic mass is 10.1. The average Bonchev–Trinajstić information content (AvgIpc) is 2.56. The van der Waals surface area contributed by atoms with E-state index in [1.165, 1.54) is 29.5 Å². The zero-order valence-electron chi connectivity index (χ0n) is 12.1. The van der Waals surface area contributed by atoms with Gasteiger partial charge in [0.1, 0.15) is 0 Å². The molecule has 0 aliphatic rings. The minimum atomic E-state index is 1.00. The highest BCUT2D eigenvalue weighted by Crippen LogP contribution is 2.20. The predicted molar refractivity (Wildman–Crippen MR) is 89.6 cm³/mol. The van der Waals surface area contributed by atoms with Crippen LogP contribution in [0.15, 0.2) is 66.9 Å². The molecule has 0 aliphatic carbocycles. The van der Waals surface area contributed by atoms with Gasteiger partial charge >= 0.3 is 0 Å². The summed E-state index contributed by atoms with van der Waals surface area (Å²) in [4.78, 5) is 4.39. The number of rotatable bonds is 6. The number of hydrogen-bond acceptors (Lipinski definition) is 2. The molecule has 2 nitrogen and oxygen atoms in total. The van der Waals surface area contributed by atoms with Crippen LogP contribution in [0.1, 0.15) is 18.4 Å². The van der Waals surface area contributed by atoms with E-state index < -0.39 is 0 Å². The van der Waals surface area contributed by atoms with Gasteiger partial charge in [0, 0.05) is 23.8 Å². The topological polar surface area (TPSA) is 24.9 Å². The number of pyridine rings is 1. The van der Waals surface area contributed by atoms with Crippen molar-refractivity contribution in [3.63, 3.8) is 0 Å². The Morgan fingerprint density at radius 3 is 2.52 bits per heavy atom. The number of benzene rings is 2. The van der Waals surface area contributed by atoms with E-state index >= 15 is 0 Å². The third kappa shape index (κ3) is 3.60. The van der Waals surface area contributed by atoms with Crippen LogP contribution in [0.5, 0.6) is 0 Å². The fourth-order valence-corrected chi connectivity index (χ4v) is 2.57. The lowest BCUT2D eigenvalue weighted by Gasteiger charge is -2.09. The first-order valence-corrected chi connectivity index (χ1v) is 7.55. The molecule has 0 aliphatic heterocycles. The molecular formula is C19H20N2. The monoisotopic (exact) mass is 276 g/mol. The Hall–Kier alpha value is -2.35. The first kappa shape index (κ1) is 13.6. The number of unbranched alkanes of at least 4 members (excludes halogenated alkanes) is 1. The van der Waals surface area contributed by atoms with Crippen molar-refractivity contribution in [1.29, 1.82) is 0 Å². The molecule has 21 heavy (non-hydrogen) atoms. The summed E-state index contributed by atoms with van der Waals surface area (Å²) in [6, 6.07) is 21.0. The van der Waals surface area contributed by atoms with Crippen LogP contribution in [0, 0.1) is 0 Å². The molecule has 3 rings (SSSR count). The van der Waals surface area contributed by atoms with Crippen LogP contribution in [0.3, 0.4) is 0 Å². The van der Waals surface area contributed by atoms with Crippen LogP contribution < -0.4 is 5.32 Å². The van der Waals surface area contributed by atoms with Crippen LogP contribution in [0.2, 0.25) is 0 Å². The number of nitrogens with one attached hydrogen (secondary N) is 1. The molecule has 1 aromatic heterocycles. The minimum absolute atomic E-state index is 1.00. The second-order valence-electron chi connectivity index (χ2n) is 5.25. The van der Waals surface area contributed by atoms with Gasteiger partial charge in [-0.05, 0) is 37.0 Å². The van der Waals surface area contributed by atoms with Crippen LogP contribution in [-0.2, 0) is 6.42 Å². The number of aryl methyl sites for hydroxylation is 1. The van der Waals surface area contributed by atoms with Gasteiger partial charge in [0.2, 0.25) is 0 Å². The SMILES string of the molecule is c1ccc(CCCCNc2ccnc3ccccc23)cc1. The van der Waals surface area contributed by atoms with E-state index in [0.717, 1.165) is 18.5 Å². The van der Waals surface area contributed by atoms with E-state index in [9.17, 15) is 0 Å². The van der Waals surface area contributed by atoms with Gasteiger partial charge in [-0.1, -0.05) is 48.5 Å². The van der Waals surface area contributed by atoms with E-state index in [2.05, 4.69) is 64.9 Å². The normalized spacial score (nSPS) is 10.7. The van der Waals surface area contributed by atoms with E-state index in [0.29, 0.717) is 0 Å². The standard InChI is InChI=1S/C19H20N2/c1-2-8-16(9-3-1)10-6-7-14-20-19-13-15-21-18-12-5-4-11-17(18)19/h1-5,8-9,11-13,15H,6-7,10,14H2,(H,20,21). The van der Waals surface area contributed by atoms with E-state index in [1.807, 2.05) is 12.3 Å². The van der Waals surface area contributed by atoms with Gasteiger partial charge in [-0.25, -0.2) is 0 Å². The molecule has 0 saturated heterocycles. The van der Waals surface area contributed by atoms with Crippen molar-refractivity contribution in [3.05, 3.63) is 72.4 Å². The summed E-state index contributed by atoms with van der Waals surface area (Å²) in [7, 11) is 0. The Kier molecular flexibility index (Phi) is 4.47. The summed E-state index contributed by atoms with van der Waals surface area (Å²) in [5, 5.41) is 4.73. The van der Waals surface area contributed by atoms with Crippen LogP contribution in [0.4, 0.5) is 5.69 Å². The Morgan fingerprint density at radius 2 is 1.62 bits per heavy atom. The lowest BCUT2D eigenvalue weighted by Crippen LogP contribution is -2.02. The zero-order valence-corrected chi connectivity index (χ0v) is 12.1. The van der Waals surface area contributed by atoms with Crippen molar-refractivity contribution < 1.29 is 0 Å². The second-order valence-corrected chi connectivity index (χ2v) is 5.25. The van der Waals surface area contributed by atoms with Crippen molar-refractivity contribution in [2.24, 2.45) is 0 Å². The van der Waals surface area contributed by atoms with Crippen molar-refractivity contribution >= 4 is 16.6 Å². The molecule has 1 N–H and O–H groups in total. The van der Waals surface area contributed by atoms with Crippen LogP contribution in [0.25, 0.3) is 10.9 Å². The molecule has 106 valence electrons. The Bertz CT molecular complexity index is 687. The van der Waals surface area contributed by atoms with Crippen molar-refractivity contribution in [1.82, 2.24) is 4.98 Å². The number of para-hydroxylation sites is 1. The van der Waals surface area contributed by atoms with Gasteiger partial charge < -0.3 is 5.32 Å². The Morgan fingerprint density at radius 1 is 0.810 bits per heavy atom. The summed E-state index contributed by atoms with van der Waals surface area (Å²) < 4.78 is 0. The first-order valence-electron chi connectivity index (χ1n) is 7.55. The maximum atomic E-state index is 4.39. The van der Waals surface area contributed by atoms with Crippen LogP contribution in [-0.4, -0.2) is 11.5 Å². The third-order valence-corrected chi connectivity index (χ3v) is 3.70. The van der Waals surface area contributed by atoms with Crippen molar-refractivity contribution in [2.75, 3.05) is 11.9 Å². The fourth-order valence-electron chi connectivity index (χ4n) is 2.57. The van der Waals surface area contributed by atoms with Crippen molar-refractivity contribution in [2.45, 2.75) is 19.3 Å². The first-order chi connectivity index (χ1) is 10.4. The van der Waals surface area contributed by atoms with Gasteiger partial charge in [0.05, 0.1) is 5.52 Å². The number of aromatic nitrogens is 1. The molecule has 2 heteroatoms. The number of anilines is 1. The molecule has 0 fully saturated rings. The molecular weight excluding hydrogens is 256 g/mol. The molecule has 3 aromatic rings. The van der Waals surface area contributed by atoms with Crippen LogP contribution >= 0.6 is 0 Å². The van der Waals surface area contributed by atoms with Gasteiger partial charge in [-0.2, -0.15) is 0 Å². The highest BCUT2D eigenvalue weighted by atomic mass is 14.9. The quantitative estimate of drug-likeness (QED) is 0.662. The summed E-state index contributed by atoms with van der Waals surface area (Å²) in [5.74, 6) is 0. The lowest BCUT2D eigenvalue weighted by molar-refractivity contribution is 0.763. The van der Waals surface area contributed by atoms with E-state index in [-0.39, 0.29) is 0 Å². The smallest absolute Gasteiger partial charge is 0.0722 e. The highest BCUT2D eigenvalue weighted by molar-refractivity contribution is 5.90. The van der Waals surface area contributed by atoms with Crippen molar-refractivity contribution in [3.8, 4) is 0 Å². The average molecular weight is 276 g/mol. The van der Waals surface area contributed by atoms with E-state index in [4.69, 9.17) is 0 Å². The van der Waals surface area contributed by atoms with E-state index in [1.54, 1.807) is 0 Å². The van der Waals surface area contributed by atoms with Gasteiger partial charge in [-0.15, -0.1) is 0 Å². The molecule has 0 amide bonds.